The molecule has 3 nitrogen and oxygen atoms in total. The fraction of sp³-hybridized carbons (Fsp3) is 0.235. The number of ketones is 1. The molecule has 0 heterocycles. The smallest absolute Gasteiger partial charge is 0.193 e. The van der Waals surface area contributed by atoms with E-state index in [1.54, 1.807) is 12.1 Å². The SMILES string of the molecule is CS(=O)(=O)c1ccc(C(=O)c2ccc3c(c2)CCC3)cc1. The highest BCUT2D eigenvalue weighted by Crippen LogP contribution is 2.24. The summed E-state index contributed by atoms with van der Waals surface area (Å²) < 4.78 is 22.9. The Morgan fingerprint density at radius 3 is 2.19 bits per heavy atom. The van der Waals surface area contributed by atoms with Crippen molar-refractivity contribution in [3.63, 3.8) is 0 Å². The number of carbonyl (C=O) groups excluding carboxylic acids is 1. The van der Waals surface area contributed by atoms with Gasteiger partial charge in [0, 0.05) is 17.4 Å². The highest BCUT2D eigenvalue weighted by molar-refractivity contribution is 7.90. The minimum absolute atomic E-state index is 0.0650. The van der Waals surface area contributed by atoms with Gasteiger partial charge < -0.3 is 0 Å². The number of hydrogen-bond donors (Lipinski definition) is 0. The van der Waals surface area contributed by atoms with Crippen LogP contribution in [0.5, 0.6) is 0 Å². The molecule has 2 aromatic carbocycles. The minimum atomic E-state index is -3.23. The van der Waals surface area contributed by atoms with Crippen LogP contribution in [-0.4, -0.2) is 20.5 Å². The van der Waals surface area contributed by atoms with Gasteiger partial charge in [0.1, 0.15) is 0 Å². The lowest BCUT2D eigenvalue weighted by atomic mass is 9.99. The van der Waals surface area contributed by atoms with Crippen LogP contribution in [0.3, 0.4) is 0 Å². The highest BCUT2D eigenvalue weighted by Gasteiger charge is 2.15. The first-order valence-corrected chi connectivity index (χ1v) is 8.81. The van der Waals surface area contributed by atoms with Crippen LogP contribution in [0.2, 0.25) is 0 Å². The molecule has 1 aliphatic carbocycles. The normalized spacial score (nSPS) is 14.0. The second kappa shape index (κ2) is 5.11. The van der Waals surface area contributed by atoms with Crippen molar-refractivity contribution < 1.29 is 13.2 Å². The monoisotopic (exact) mass is 300 g/mol. The van der Waals surface area contributed by atoms with E-state index in [-0.39, 0.29) is 10.7 Å². The maximum absolute atomic E-state index is 12.5. The number of sulfone groups is 1. The molecule has 0 spiro atoms. The molecule has 0 unspecified atom stereocenters. The predicted octanol–water partition coefficient (Wildman–Crippen LogP) is 2.81. The van der Waals surface area contributed by atoms with Crippen molar-refractivity contribution in [1.82, 2.24) is 0 Å². The predicted molar refractivity (Wildman–Crippen MR) is 81.5 cm³/mol. The summed E-state index contributed by atoms with van der Waals surface area (Å²) in [7, 11) is -3.23. The van der Waals surface area contributed by atoms with Gasteiger partial charge in [-0.25, -0.2) is 8.42 Å². The Kier molecular flexibility index (Phi) is 3.41. The molecule has 0 bridgehead atoms. The van der Waals surface area contributed by atoms with Gasteiger partial charge in [0.25, 0.3) is 0 Å². The molecule has 0 saturated heterocycles. The minimum Gasteiger partial charge on any atom is -0.289 e. The first kappa shape index (κ1) is 14.0. The molecule has 0 N–H and O–H groups in total. The molecule has 3 rings (SSSR count). The lowest BCUT2D eigenvalue weighted by molar-refractivity contribution is 0.103. The van der Waals surface area contributed by atoms with Crippen molar-refractivity contribution >= 4 is 15.6 Å². The first-order chi connectivity index (χ1) is 9.95. The zero-order valence-corrected chi connectivity index (χ0v) is 12.6. The van der Waals surface area contributed by atoms with Crippen LogP contribution in [0.15, 0.2) is 47.4 Å². The van der Waals surface area contributed by atoms with E-state index in [2.05, 4.69) is 0 Å². The summed E-state index contributed by atoms with van der Waals surface area (Å²) in [6.45, 7) is 0. The van der Waals surface area contributed by atoms with E-state index in [0.29, 0.717) is 11.1 Å². The molecule has 1 aliphatic rings. The Hall–Kier alpha value is -1.94. The summed E-state index contributed by atoms with van der Waals surface area (Å²) in [6.07, 6.45) is 4.43. The lowest BCUT2D eigenvalue weighted by Gasteiger charge is -2.05. The average molecular weight is 300 g/mol. The summed E-state index contributed by atoms with van der Waals surface area (Å²) in [5, 5.41) is 0. The Morgan fingerprint density at radius 1 is 0.905 bits per heavy atom. The molecule has 21 heavy (non-hydrogen) atoms. The van der Waals surface area contributed by atoms with Crippen molar-refractivity contribution in [2.24, 2.45) is 0 Å². The summed E-state index contributed by atoms with van der Waals surface area (Å²) >= 11 is 0. The van der Waals surface area contributed by atoms with Crippen molar-refractivity contribution in [2.45, 2.75) is 24.2 Å². The zero-order valence-electron chi connectivity index (χ0n) is 11.8. The Labute approximate surface area is 124 Å². The van der Waals surface area contributed by atoms with Crippen molar-refractivity contribution in [2.75, 3.05) is 6.26 Å². The number of aryl methyl sites for hydroxylation is 2. The third-order valence-corrected chi connectivity index (χ3v) is 5.03. The summed E-state index contributed by atoms with van der Waals surface area (Å²) in [5.74, 6) is -0.0650. The average Bonchev–Trinajstić information content (AvgIpc) is 2.93. The van der Waals surface area contributed by atoms with Gasteiger partial charge in [-0.1, -0.05) is 12.1 Å². The molecule has 0 amide bonds. The number of fused-ring (bicyclic) bond motifs is 1. The van der Waals surface area contributed by atoms with Gasteiger partial charge in [-0.3, -0.25) is 4.79 Å². The second-order valence-electron chi connectivity index (χ2n) is 5.46. The van der Waals surface area contributed by atoms with Crippen LogP contribution >= 0.6 is 0 Å². The van der Waals surface area contributed by atoms with Gasteiger partial charge >= 0.3 is 0 Å². The molecule has 0 aromatic heterocycles. The fourth-order valence-electron chi connectivity index (χ4n) is 2.73. The maximum Gasteiger partial charge on any atom is 0.193 e. The van der Waals surface area contributed by atoms with Gasteiger partial charge in [0.2, 0.25) is 0 Å². The first-order valence-electron chi connectivity index (χ1n) is 6.92. The zero-order chi connectivity index (χ0) is 15.0. The van der Waals surface area contributed by atoms with Gasteiger partial charge in [-0.05, 0) is 60.7 Å². The molecular formula is C17H16O3S. The number of hydrogen-bond acceptors (Lipinski definition) is 3. The van der Waals surface area contributed by atoms with Crippen LogP contribution in [0.1, 0.15) is 33.5 Å². The molecule has 4 heteroatoms. The Bertz CT molecular complexity index is 802. The summed E-state index contributed by atoms with van der Waals surface area (Å²) in [6, 6.07) is 12.0. The van der Waals surface area contributed by atoms with Crippen molar-refractivity contribution in [3.05, 3.63) is 64.7 Å². The fourth-order valence-corrected chi connectivity index (χ4v) is 3.36. The van der Waals surface area contributed by atoms with E-state index >= 15 is 0 Å². The third kappa shape index (κ3) is 2.76. The maximum atomic E-state index is 12.5. The van der Waals surface area contributed by atoms with Crippen LogP contribution in [0.25, 0.3) is 0 Å². The molecule has 0 atom stereocenters. The number of benzene rings is 2. The molecule has 0 aliphatic heterocycles. The van der Waals surface area contributed by atoms with Crippen molar-refractivity contribution in [1.29, 1.82) is 0 Å². The summed E-state index contributed by atoms with van der Waals surface area (Å²) in [4.78, 5) is 12.7. The number of carbonyl (C=O) groups is 1. The van der Waals surface area contributed by atoms with E-state index in [9.17, 15) is 13.2 Å². The lowest BCUT2D eigenvalue weighted by Crippen LogP contribution is -2.03. The van der Waals surface area contributed by atoms with Gasteiger partial charge in [0.15, 0.2) is 15.6 Å². The van der Waals surface area contributed by atoms with E-state index < -0.39 is 9.84 Å². The van der Waals surface area contributed by atoms with Crippen LogP contribution in [0, 0.1) is 0 Å². The molecule has 2 aromatic rings. The van der Waals surface area contributed by atoms with Crippen LogP contribution in [-0.2, 0) is 22.7 Å². The largest absolute Gasteiger partial charge is 0.289 e. The molecule has 108 valence electrons. The molecular weight excluding hydrogens is 284 g/mol. The van der Waals surface area contributed by atoms with Gasteiger partial charge in [0.05, 0.1) is 4.90 Å². The number of rotatable bonds is 3. The standard InChI is InChI=1S/C17H16O3S/c1-21(19,20)16-9-7-13(8-10-16)17(18)15-6-5-12-3-2-4-14(12)11-15/h5-11H,2-4H2,1H3. The van der Waals surface area contributed by atoms with Crippen LogP contribution < -0.4 is 0 Å². The van der Waals surface area contributed by atoms with Gasteiger partial charge in [-0.2, -0.15) is 0 Å². The van der Waals surface area contributed by atoms with E-state index in [4.69, 9.17) is 0 Å². The van der Waals surface area contributed by atoms with Gasteiger partial charge in [-0.15, -0.1) is 0 Å². The van der Waals surface area contributed by atoms with E-state index in [1.807, 2.05) is 18.2 Å². The van der Waals surface area contributed by atoms with Crippen molar-refractivity contribution in [3.8, 4) is 0 Å². The Balaban J connectivity index is 1.92. The molecule has 0 fully saturated rings. The van der Waals surface area contributed by atoms with E-state index in [1.165, 1.54) is 23.3 Å². The highest BCUT2D eigenvalue weighted by atomic mass is 32.2. The van der Waals surface area contributed by atoms with E-state index in [0.717, 1.165) is 25.5 Å². The topological polar surface area (TPSA) is 51.2 Å². The second-order valence-corrected chi connectivity index (χ2v) is 7.48. The quantitative estimate of drug-likeness (QED) is 0.819. The third-order valence-electron chi connectivity index (χ3n) is 3.91. The Morgan fingerprint density at radius 2 is 1.52 bits per heavy atom. The molecule has 0 saturated carbocycles. The molecule has 0 radical (unpaired) electrons. The van der Waals surface area contributed by atoms with Crippen LogP contribution in [0.4, 0.5) is 0 Å². The summed E-state index contributed by atoms with van der Waals surface area (Å²) in [5.41, 5.74) is 3.77.